The molecular formula is C17H18ClNO2S. The average molecular weight is 336 g/mol. The van der Waals surface area contributed by atoms with Gasteiger partial charge in [-0.2, -0.15) is 0 Å². The molecule has 0 bridgehead atoms. The number of benzene rings is 2. The van der Waals surface area contributed by atoms with Crippen LogP contribution >= 0.6 is 11.6 Å². The number of anilines is 1. The smallest absolute Gasteiger partial charge is 0.255 e. The molecule has 0 aliphatic heterocycles. The van der Waals surface area contributed by atoms with Crippen LogP contribution in [0.5, 0.6) is 0 Å². The van der Waals surface area contributed by atoms with Crippen molar-refractivity contribution < 1.29 is 9.00 Å². The first-order chi connectivity index (χ1) is 10.3. The van der Waals surface area contributed by atoms with Gasteiger partial charge in [0, 0.05) is 39.1 Å². The molecule has 0 saturated heterocycles. The van der Waals surface area contributed by atoms with Crippen molar-refractivity contribution in [1.82, 2.24) is 0 Å². The average Bonchev–Trinajstić information content (AvgIpc) is 2.41. The largest absolute Gasteiger partial charge is 0.322 e. The van der Waals surface area contributed by atoms with Gasteiger partial charge in [-0.25, -0.2) is 0 Å². The van der Waals surface area contributed by atoms with Gasteiger partial charge in [0.1, 0.15) is 0 Å². The third-order valence-electron chi connectivity index (χ3n) is 3.15. The van der Waals surface area contributed by atoms with Crippen molar-refractivity contribution in [1.29, 1.82) is 0 Å². The highest BCUT2D eigenvalue weighted by Gasteiger charge is 2.09. The minimum absolute atomic E-state index is 0.169. The van der Waals surface area contributed by atoms with Gasteiger partial charge in [0.05, 0.1) is 0 Å². The topological polar surface area (TPSA) is 46.2 Å². The number of carbonyl (C=O) groups is 1. The minimum atomic E-state index is -0.987. The van der Waals surface area contributed by atoms with E-state index in [9.17, 15) is 9.00 Å². The predicted octanol–water partition coefficient (Wildman–Crippen LogP) is 4.09. The van der Waals surface area contributed by atoms with Crippen LogP contribution in [0.3, 0.4) is 0 Å². The highest BCUT2D eigenvalue weighted by Crippen LogP contribution is 2.22. The zero-order valence-corrected chi connectivity index (χ0v) is 14.3. The molecule has 1 amide bonds. The van der Waals surface area contributed by atoms with E-state index in [0.717, 1.165) is 16.7 Å². The van der Waals surface area contributed by atoms with E-state index in [1.807, 2.05) is 32.0 Å². The molecule has 0 fully saturated rings. The fourth-order valence-electron chi connectivity index (χ4n) is 2.29. The summed E-state index contributed by atoms with van der Waals surface area (Å²) >= 11 is 6.09. The SMILES string of the molecule is Cc1cc(C)cc(C(=O)Nc2ccc(Cl)c(CS(C)=O)c2)c1. The Balaban J connectivity index is 2.22. The van der Waals surface area contributed by atoms with E-state index < -0.39 is 10.8 Å². The molecule has 0 heterocycles. The fraction of sp³-hybridized carbons (Fsp3) is 0.235. The van der Waals surface area contributed by atoms with Crippen LogP contribution in [0.1, 0.15) is 27.0 Å². The Bertz CT molecular complexity index is 723. The summed E-state index contributed by atoms with van der Waals surface area (Å²) in [5.41, 5.74) is 4.12. The van der Waals surface area contributed by atoms with Crippen molar-refractivity contribution in [2.24, 2.45) is 0 Å². The predicted molar refractivity (Wildman–Crippen MR) is 93.1 cm³/mol. The molecule has 22 heavy (non-hydrogen) atoms. The summed E-state index contributed by atoms with van der Waals surface area (Å²) in [4.78, 5) is 12.3. The Hall–Kier alpha value is -1.65. The van der Waals surface area contributed by atoms with Crippen molar-refractivity contribution in [2.45, 2.75) is 19.6 Å². The number of carbonyl (C=O) groups excluding carboxylic acids is 1. The molecule has 0 saturated carbocycles. The Morgan fingerprint density at radius 3 is 2.36 bits per heavy atom. The van der Waals surface area contributed by atoms with Crippen LogP contribution in [0.4, 0.5) is 5.69 Å². The van der Waals surface area contributed by atoms with Crippen molar-refractivity contribution in [3.8, 4) is 0 Å². The quantitative estimate of drug-likeness (QED) is 0.914. The van der Waals surface area contributed by atoms with E-state index in [-0.39, 0.29) is 5.91 Å². The van der Waals surface area contributed by atoms with Gasteiger partial charge in [-0.05, 0) is 49.7 Å². The van der Waals surface area contributed by atoms with Crippen molar-refractivity contribution in [3.05, 3.63) is 63.7 Å². The number of rotatable bonds is 4. The van der Waals surface area contributed by atoms with Crippen LogP contribution in [0, 0.1) is 13.8 Å². The van der Waals surface area contributed by atoms with Crippen molar-refractivity contribution in [3.63, 3.8) is 0 Å². The van der Waals surface area contributed by atoms with Gasteiger partial charge in [-0.3, -0.25) is 9.00 Å². The molecule has 1 N–H and O–H groups in total. The van der Waals surface area contributed by atoms with Gasteiger partial charge in [0.2, 0.25) is 0 Å². The van der Waals surface area contributed by atoms with E-state index in [1.54, 1.807) is 24.5 Å². The first-order valence-corrected chi connectivity index (χ1v) is 8.94. The van der Waals surface area contributed by atoms with E-state index in [0.29, 0.717) is 22.0 Å². The maximum atomic E-state index is 12.3. The Kier molecular flexibility index (Phi) is 5.37. The second-order valence-electron chi connectivity index (χ2n) is 5.35. The molecule has 0 aliphatic carbocycles. The van der Waals surface area contributed by atoms with Crippen LogP contribution in [-0.4, -0.2) is 16.4 Å². The zero-order valence-electron chi connectivity index (χ0n) is 12.8. The zero-order chi connectivity index (χ0) is 16.3. The Morgan fingerprint density at radius 2 is 1.77 bits per heavy atom. The van der Waals surface area contributed by atoms with Crippen LogP contribution < -0.4 is 5.32 Å². The van der Waals surface area contributed by atoms with Crippen LogP contribution in [-0.2, 0) is 16.6 Å². The molecular weight excluding hydrogens is 318 g/mol. The number of hydrogen-bond donors (Lipinski definition) is 1. The summed E-state index contributed by atoms with van der Waals surface area (Å²) < 4.78 is 11.4. The lowest BCUT2D eigenvalue weighted by atomic mass is 10.1. The summed E-state index contributed by atoms with van der Waals surface area (Å²) in [7, 11) is -0.987. The molecule has 5 heteroatoms. The molecule has 1 unspecified atom stereocenters. The second kappa shape index (κ2) is 7.07. The summed E-state index contributed by atoms with van der Waals surface area (Å²) in [6.45, 7) is 3.92. The van der Waals surface area contributed by atoms with E-state index in [1.165, 1.54) is 0 Å². The highest BCUT2D eigenvalue weighted by molar-refractivity contribution is 7.83. The molecule has 2 aromatic rings. The second-order valence-corrected chi connectivity index (χ2v) is 7.20. The maximum Gasteiger partial charge on any atom is 0.255 e. The number of nitrogens with one attached hydrogen (secondary N) is 1. The van der Waals surface area contributed by atoms with E-state index in [2.05, 4.69) is 5.32 Å². The molecule has 2 rings (SSSR count). The standard InChI is InChI=1S/C17H18ClNO2S/c1-11-6-12(2)8-13(7-11)17(20)19-15-4-5-16(18)14(9-15)10-22(3)21/h4-9H,10H2,1-3H3,(H,19,20). The fourth-order valence-corrected chi connectivity index (χ4v) is 3.23. The highest BCUT2D eigenvalue weighted by atomic mass is 35.5. The molecule has 0 spiro atoms. The minimum Gasteiger partial charge on any atom is -0.322 e. The molecule has 0 aliphatic rings. The number of halogens is 1. The van der Waals surface area contributed by atoms with Gasteiger partial charge in [-0.1, -0.05) is 28.8 Å². The third kappa shape index (κ3) is 4.42. The monoisotopic (exact) mass is 335 g/mol. The Labute approximate surface area is 138 Å². The van der Waals surface area contributed by atoms with Crippen molar-refractivity contribution in [2.75, 3.05) is 11.6 Å². The van der Waals surface area contributed by atoms with Crippen LogP contribution in [0.2, 0.25) is 5.02 Å². The van der Waals surface area contributed by atoms with Gasteiger partial charge in [0.25, 0.3) is 5.91 Å². The van der Waals surface area contributed by atoms with Gasteiger partial charge in [0.15, 0.2) is 0 Å². The lowest BCUT2D eigenvalue weighted by Gasteiger charge is -2.10. The summed E-state index contributed by atoms with van der Waals surface area (Å²) in [5, 5.41) is 3.41. The third-order valence-corrected chi connectivity index (χ3v) is 4.23. The normalized spacial score (nSPS) is 12.0. The van der Waals surface area contributed by atoms with Crippen molar-refractivity contribution >= 4 is 34.0 Å². The first-order valence-electron chi connectivity index (χ1n) is 6.83. The molecule has 0 radical (unpaired) electrons. The molecule has 3 nitrogen and oxygen atoms in total. The van der Waals surface area contributed by atoms with E-state index >= 15 is 0 Å². The van der Waals surface area contributed by atoms with Gasteiger partial charge < -0.3 is 5.32 Å². The number of aryl methyl sites for hydroxylation is 2. The molecule has 116 valence electrons. The van der Waals surface area contributed by atoms with Crippen LogP contribution in [0.25, 0.3) is 0 Å². The summed E-state index contributed by atoms with van der Waals surface area (Å²) in [5.74, 6) is 0.198. The summed E-state index contributed by atoms with van der Waals surface area (Å²) in [6.07, 6.45) is 1.62. The summed E-state index contributed by atoms with van der Waals surface area (Å²) in [6, 6.07) is 10.9. The molecule has 0 aromatic heterocycles. The Morgan fingerprint density at radius 1 is 1.14 bits per heavy atom. The maximum absolute atomic E-state index is 12.3. The van der Waals surface area contributed by atoms with E-state index in [4.69, 9.17) is 11.6 Å². The van der Waals surface area contributed by atoms with Gasteiger partial charge in [-0.15, -0.1) is 0 Å². The lowest BCUT2D eigenvalue weighted by Crippen LogP contribution is -2.12. The molecule has 2 aromatic carbocycles. The molecule has 1 atom stereocenters. The first kappa shape index (κ1) is 16.7. The number of amides is 1. The van der Waals surface area contributed by atoms with Crippen LogP contribution in [0.15, 0.2) is 36.4 Å². The lowest BCUT2D eigenvalue weighted by molar-refractivity contribution is 0.102. The van der Waals surface area contributed by atoms with Gasteiger partial charge >= 0.3 is 0 Å². The number of hydrogen-bond acceptors (Lipinski definition) is 2.